The third kappa shape index (κ3) is 2.36. The maximum absolute atomic E-state index is 11.7. The van der Waals surface area contributed by atoms with E-state index in [1.54, 1.807) is 6.07 Å². The first-order valence-electron chi connectivity index (χ1n) is 6.48. The molecule has 0 amide bonds. The highest BCUT2D eigenvalue weighted by molar-refractivity contribution is 5.91. The number of hydrogen-bond acceptors (Lipinski definition) is 4. The highest BCUT2D eigenvalue weighted by Gasteiger charge is 2.20. The van der Waals surface area contributed by atoms with Crippen LogP contribution in [0.3, 0.4) is 0 Å². The number of furan rings is 1. The quantitative estimate of drug-likeness (QED) is 0.684. The first kappa shape index (κ1) is 13.2. The van der Waals surface area contributed by atoms with E-state index in [-0.39, 0.29) is 5.76 Å². The van der Waals surface area contributed by atoms with Crippen molar-refractivity contribution in [1.82, 2.24) is 0 Å². The summed E-state index contributed by atoms with van der Waals surface area (Å²) in [7, 11) is 2.79. The Balaban J connectivity index is 2.09. The van der Waals surface area contributed by atoms with Crippen molar-refractivity contribution in [3.8, 4) is 17.1 Å². The van der Waals surface area contributed by atoms with Crippen LogP contribution in [-0.2, 0) is 4.74 Å². The van der Waals surface area contributed by atoms with Crippen LogP contribution >= 0.6 is 0 Å². The molecule has 4 heteroatoms. The molecule has 4 nitrogen and oxygen atoms in total. The maximum atomic E-state index is 11.7. The Kier molecular flexibility index (Phi) is 3.36. The SMILES string of the molecule is COC(=O)c1oc(-c2ccc3ccccc3c2)cc1OC. The molecule has 0 unspecified atom stereocenters. The fraction of sp³-hybridized carbons (Fsp3) is 0.118. The summed E-state index contributed by atoms with van der Waals surface area (Å²) in [6.07, 6.45) is 0. The molecule has 21 heavy (non-hydrogen) atoms. The third-order valence-electron chi connectivity index (χ3n) is 3.32. The van der Waals surface area contributed by atoms with Crippen molar-refractivity contribution in [3.05, 3.63) is 54.3 Å². The van der Waals surface area contributed by atoms with Crippen molar-refractivity contribution < 1.29 is 18.7 Å². The summed E-state index contributed by atoms with van der Waals surface area (Å²) < 4.78 is 15.4. The molecule has 0 spiro atoms. The number of esters is 1. The van der Waals surface area contributed by atoms with Gasteiger partial charge in [-0.2, -0.15) is 0 Å². The molecule has 0 fully saturated rings. The van der Waals surface area contributed by atoms with Crippen molar-refractivity contribution in [3.63, 3.8) is 0 Å². The maximum Gasteiger partial charge on any atom is 0.377 e. The van der Waals surface area contributed by atoms with Gasteiger partial charge in [0, 0.05) is 11.6 Å². The lowest BCUT2D eigenvalue weighted by atomic mass is 10.1. The average molecular weight is 282 g/mol. The number of hydrogen-bond donors (Lipinski definition) is 0. The molecule has 3 rings (SSSR count). The molecule has 2 aromatic carbocycles. The van der Waals surface area contributed by atoms with Crippen LogP contribution in [0.2, 0.25) is 0 Å². The molecule has 0 aliphatic rings. The number of rotatable bonds is 3. The first-order chi connectivity index (χ1) is 10.2. The predicted molar refractivity (Wildman–Crippen MR) is 79.5 cm³/mol. The number of ether oxygens (including phenoxy) is 2. The molecule has 0 atom stereocenters. The lowest BCUT2D eigenvalue weighted by Gasteiger charge is -2.00. The zero-order chi connectivity index (χ0) is 14.8. The molecular formula is C17H14O4. The summed E-state index contributed by atoms with van der Waals surface area (Å²) in [6, 6.07) is 15.7. The topological polar surface area (TPSA) is 48.7 Å². The molecular weight excluding hydrogens is 268 g/mol. The van der Waals surface area contributed by atoms with Gasteiger partial charge in [0.2, 0.25) is 0 Å². The second-order valence-electron chi connectivity index (χ2n) is 4.56. The van der Waals surface area contributed by atoms with Gasteiger partial charge in [0.1, 0.15) is 5.76 Å². The summed E-state index contributed by atoms with van der Waals surface area (Å²) in [4.78, 5) is 11.7. The van der Waals surface area contributed by atoms with Gasteiger partial charge in [0.05, 0.1) is 14.2 Å². The largest absolute Gasteiger partial charge is 0.492 e. The minimum Gasteiger partial charge on any atom is -0.492 e. The van der Waals surface area contributed by atoms with Gasteiger partial charge in [-0.1, -0.05) is 36.4 Å². The van der Waals surface area contributed by atoms with Gasteiger partial charge in [0.25, 0.3) is 5.76 Å². The molecule has 0 N–H and O–H groups in total. The van der Waals surface area contributed by atoms with E-state index in [9.17, 15) is 4.79 Å². The molecule has 0 radical (unpaired) electrons. The molecule has 0 saturated heterocycles. The summed E-state index contributed by atoms with van der Waals surface area (Å²) in [5.74, 6) is 0.449. The van der Waals surface area contributed by atoms with Crippen molar-refractivity contribution >= 4 is 16.7 Å². The Bertz CT molecular complexity index is 801. The number of methoxy groups -OCH3 is 2. The lowest BCUT2D eigenvalue weighted by Crippen LogP contribution is -2.01. The second-order valence-corrected chi connectivity index (χ2v) is 4.56. The van der Waals surface area contributed by atoms with E-state index >= 15 is 0 Å². The lowest BCUT2D eigenvalue weighted by molar-refractivity contribution is 0.0561. The van der Waals surface area contributed by atoms with E-state index in [1.165, 1.54) is 14.2 Å². The molecule has 3 aromatic rings. The Morgan fingerprint density at radius 2 is 1.76 bits per heavy atom. The van der Waals surface area contributed by atoms with Crippen LogP contribution in [0.15, 0.2) is 52.9 Å². The number of carbonyl (C=O) groups is 1. The summed E-state index contributed by atoms with van der Waals surface area (Å²) in [5.41, 5.74) is 0.877. The molecule has 0 aliphatic carbocycles. The molecule has 0 aliphatic heterocycles. The van der Waals surface area contributed by atoms with E-state index in [0.717, 1.165) is 16.3 Å². The highest BCUT2D eigenvalue weighted by atomic mass is 16.5. The second kappa shape index (κ2) is 5.32. The van der Waals surface area contributed by atoms with E-state index in [2.05, 4.69) is 4.74 Å². The van der Waals surface area contributed by atoms with Crippen molar-refractivity contribution in [2.75, 3.05) is 14.2 Å². The molecule has 1 aromatic heterocycles. The number of carbonyl (C=O) groups excluding carboxylic acids is 1. The summed E-state index contributed by atoms with van der Waals surface area (Å²) in [5, 5.41) is 2.25. The van der Waals surface area contributed by atoms with Gasteiger partial charge in [-0.15, -0.1) is 0 Å². The van der Waals surface area contributed by atoms with Crippen LogP contribution in [0.4, 0.5) is 0 Å². The molecule has 106 valence electrons. The molecule has 0 bridgehead atoms. The average Bonchev–Trinajstić information content (AvgIpc) is 2.98. The van der Waals surface area contributed by atoms with Crippen molar-refractivity contribution in [1.29, 1.82) is 0 Å². The molecule has 0 saturated carbocycles. The standard InChI is InChI=1S/C17H14O4/c1-19-15-10-14(21-16(15)17(18)20-2)13-8-7-11-5-3-4-6-12(11)9-13/h3-10H,1-2H3. The van der Waals surface area contributed by atoms with Crippen molar-refractivity contribution in [2.45, 2.75) is 0 Å². The van der Waals surface area contributed by atoms with E-state index < -0.39 is 5.97 Å². The predicted octanol–water partition coefficient (Wildman–Crippen LogP) is 3.90. The Morgan fingerprint density at radius 1 is 1.00 bits per heavy atom. The van der Waals surface area contributed by atoms with Gasteiger partial charge in [0.15, 0.2) is 5.75 Å². The van der Waals surface area contributed by atoms with Crippen LogP contribution in [0.1, 0.15) is 10.6 Å². The van der Waals surface area contributed by atoms with E-state index in [4.69, 9.17) is 9.15 Å². The highest BCUT2D eigenvalue weighted by Crippen LogP contribution is 2.32. The fourth-order valence-electron chi connectivity index (χ4n) is 2.25. The van der Waals surface area contributed by atoms with E-state index in [1.807, 2.05) is 42.5 Å². The zero-order valence-electron chi connectivity index (χ0n) is 11.8. The van der Waals surface area contributed by atoms with Gasteiger partial charge in [-0.05, 0) is 16.8 Å². The first-order valence-corrected chi connectivity index (χ1v) is 6.48. The van der Waals surface area contributed by atoms with Gasteiger partial charge >= 0.3 is 5.97 Å². The van der Waals surface area contributed by atoms with Gasteiger partial charge in [-0.3, -0.25) is 0 Å². The smallest absolute Gasteiger partial charge is 0.377 e. The summed E-state index contributed by atoms with van der Waals surface area (Å²) in [6.45, 7) is 0. The third-order valence-corrected chi connectivity index (χ3v) is 3.32. The number of fused-ring (bicyclic) bond motifs is 1. The van der Waals surface area contributed by atoms with E-state index in [0.29, 0.717) is 11.5 Å². The van der Waals surface area contributed by atoms with Crippen LogP contribution in [0.5, 0.6) is 5.75 Å². The minimum absolute atomic E-state index is 0.0724. The minimum atomic E-state index is -0.557. The normalized spacial score (nSPS) is 10.6. The number of benzene rings is 2. The Morgan fingerprint density at radius 3 is 2.48 bits per heavy atom. The zero-order valence-corrected chi connectivity index (χ0v) is 11.8. The van der Waals surface area contributed by atoms with Crippen molar-refractivity contribution in [2.24, 2.45) is 0 Å². The fourth-order valence-corrected chi connectivity index (χ4v) is 2.25. The van der Waals surface area contributed by atoms with Crippen LogP contribution < -0.4 is 4.74 Å². The molecule has 1 heterocycles. The van der Waals surface area contributed by atoms with Crippen LogP contribution in [0, 0.1) is 0 Å². The van der Waals surface area contributed by atoms with Gasteiger partial charge in [-0.25, -0.2) is 4.79 Å². The Hall–Kier alpha value is -2.75. The van der Waals surface area contributed by atoms with Crippen LogP contribution in [0.25, 0.3) is 22.1 Å². The Labute approximate surface area is 121 Å². The monoisotopic (exact) mass is 282 g/mol. The van der Waals surface area contributed by atoms with Gasteiger partial charge < -0.3 is 13.9 Å². The van der Waals surface area contributed by atoms with Crippen LogP contribution in [-0.4, -0.2) is 20.2 Å². The summed E-state index contributed by atoms with van der Waals surface area (Å²) >= 11 is 0.